The van der Waals surface area contributed by atoms with E-state index in [2.05, 4.69) is 4.98 Å². The lowest BCUT2D eigenvalue weighted by atomic mass is 9.81. The molecule has 1 aromatic carbocycles. The number of hydrogen-bond acceptors (Lipinski definition) is 6. The van der Waals surface area contributed by atoms with Crippen molar-refractivity contribution in [3.05, 3.63) is 63.5 Å². The predicted octanol–water partition coefficient (Wildman–Crippen LogP) is 3.58. The SMILES string of the molecule is O=C(NC(C1CC1)(C1CC1)C(F)(F)F)c1cn(-c2c(F)cc(F)cc2F)c2nc(N3CC(CO)(CO)C3)c(F)cc2c1=O. The van der Waals surface area contributed by atoms with Crippen LogP contribution in [0.3, 0.4) is 0 Å². The standard InChI is InChI=1S/C28H25F7N4O4/c29-15-5-18(30)21(19(31)6-15)39-8-17(25(43)37-27(13-1-2-13,14-3-4-14)28(33,34)35)22(42)16-7-20(32)24(36-23(16)39)38-9-26(10-38,11-40)12-41/h5-8,13-14,40-41H,1-4,9-12H2,(H,37,43). The van der Waals surface area contributed by atoms with Gasteiger partial charge in [0, 0.05) is 31.4 Å². The number of nitrogens with zero attached hydrogens (tertiary/aromatic N) is 3. The molecule has 2 aliphatic carbocycles. The fourth-order valence-electron chi connectivity index (χ4n) is 6.10. The van der Waals surface area contributed by atoms with Gasteiger partial charge in [0.1, 0.15) is 22.6 Å². The van der Waals surface area contributed by atoms with Gasteiger partial charge in [0.15, 0.2) is 28.9 Å². The maximum Gasteiger partial charge on any atom is 0.412 e. The smallest absolute Gasteiger partial charge is 0.396 e. The largest absolute Gasteiger partial charge is 0.412 e. The Hall–Kier alpha value is -3.72. The van der Waals surface area contributed by atoms with Crippen LogP contribution in [0.4, 0.5) is 36.6 Å². The van der Waals surface area contributed by atoms with Crippen LogP contribution in [-0.4, -0.2) is 63.7 Å². The van der Waals surface area contributed by atoms with Gasteiger partial charge in [-0.25, -0.2) is 22.5 Å². The first-order valence-electron chi connectivity index (χ1n) is 13.5. The van der Waals surface area contributed by atoms with Crippen LogP contribution in [0.2, 0.25) is 0 Å². The lowest BCUT2D eigenvalue weighted by Gasteiger charge is -2.48. The first-order valence-corrected chi connectivity index (χ1v) is 13.5. The van der Waals surface area contributed by atoms with Gasteiger partial charge in [-0.1, -0.05) is 0 Å². The molecule has 0 atom stereocenters. The van der Waals surface area contributed by atoms with Gasteiger partial charge >= 0.3 is 6.18 Å². The fraction of sp³-hybridized carbons (Fsp3) is 0.464. The Morgan fingerprint density at radius 1 is 0.953 bits per heavy atom. The van der Waals surface area contributed by atoms with E-state index in [0.29, 0.717) is 29.0 Å². The highest BCUT2D eigenvalue weighted by Crippen LogP contribution is 2.58. The Balaban J connectivity index is 1.53. The molecular weight excluding hydrogens is 589 g/mol. The number of carbonyl (C=O) groups excluding carboxylic acids is 1. The molecule has 3 fully saturated rings. The van der Waals surface area contributed by atoms with E-state index < -0.39 is 105 Å². The molecule has 2 saturated carbocycles. The zero-order valence-corrected chi connectivity index (χ0v) is 22.3. The summed E-state index contributed by atoms with van der Waals surface area (Å²) in [5, 5.41) is 20.5. The van der Waals surface area contributed by atoms with Gasteiger partial charge in [0.05, 0.1) is 24.0 Å². The van der Waals surface area contributed by atoms with Crippen LogP contribution in [0.15, 0.2) is 29.2 Å². The highest BCUT2D eigenvalue weighted by Gasteiger charge is 2.69. The number of pyridine rings is 2. The third-order valence-corrected chi connectivity index (χ3v) is 8.64. The number of aliphatic hydroxyl groups excluding tert-OH is 2. The normalized spacial score (nSPS) is 18.6. The van der Waals surface area contributed by atoms with Gasteiger partial charge in [-0.3, -0.25) is 14.2 Å². The van der Waals surface area contributed by atoms with E-state index in [1.165, 1.54) is 4.90 Å². The number of carbonyl (C=O) groups is 1. The Labute approximate surface area is 238 Å². The molecule has 15 heteroatoms. The Morgan fingerprint density at radius 2 is 1.51 bits per heavy atom. The molecule has 43 heavy (non-hydrogen) atoms. The van der Waals surface area contributed by atoms with Gasteiger partial charge in [-0.05, 0) is 43.6 Å². The van der Waals surface area contributed by atoms with Gasteiger partial charge in [0.2, 0.25) is 5.43 Å². The summed E-state index contributed by atoms with van der Waals surface area (Å²) in [6, 6.07) is 1.27. The molecule has 0 bridgehead atoms. The lowest BCUT2D eigenvalue weighted by Crippen LogP contribution is -2.62. The Morgan fingerprint density at radius 3 is 2.00 bits per heavy atom. The van der Waals surface area contributed by atoms with Crippen LogP contribution in [0, 0.1) is 40.5 Å². The summed E-state index contributed by atoms with van der Waals surface area (Å²) >= 11 is 0. The van der Waals surface area contributed by atoms with Gasteiger partial charge in [-0.15, -0.1) is 0 Å². The maximum absolute atomic E-state index is 15.3. The minimum Gasteiger partial charge on any atom is -0.396 e. The number of aliphatic hydroxyl groups is 2. The van der Waals surface area contributed by atoms with Crippen molar-refractivity contribution in [3.8, 4) is 5.69 Å². The molecule has 1 saturated heterocycles. The average molecular weight is 615 g/mol. The first kappa shape index (κ1) is 29.4. The molecule has 8 nitrogen and oxygen atoms in total. The molecule has 3 heterocycles. The first-order chi connectivity index (χ1) is 20.2. The van der Waals surface area contributed by atoms with E-state index in [-0.39, 0.29) is 38.8 Å². The third kappa shape index (κ3) is 4.63. The lowest BCUT2D eigenvalue weighted by molar-refractivity contribution is -0.207. The van der Waals surface area contributed by atoms with E-state index in [0.717, 1.165) is 0 Å². The van der Waals surface area contributed by atoms with Crippen molar-refractivity contribution in [3.63, 3.8) is 0 Å². The quantitative estimate of drug-likeness (QED) is 0.335. The molecular formula is C28H25F7N4O4. The van der Waals surface area contributed by atoms with Crippen molar-refractivity contribution < 1.29 is 45.7 Å². The highest BCUT2D eigenvalue weighted by atomic mass is 19.4. The monoisotopic (exact) mass is 614 g/mol. The summed E-state index contributed by atoms with van der Waals surface area (Å²) in [6.07, 6.45) is -3.46. The number of amides is 1. The molecule has 3 aromatic rings. The summed E-state index contributed by atoms with van der Waals surface area (Å²) in [5.41, 5.74) is -7.37. The topological polar surface area (TPSA) is 108 Å². The molecule has 1 amide bonds. The minimum absolute atomic E-state index is 0.0682. The second kappa shape index (κ2) is 9.91. The van der Waals surface area contributed by atoms with Crippen molar-refractivity contribution in [2.75, 3.05) is 31.2 Å². The molecule has 2 aromatic heterocycles. The zero-order valence-electron chi connectivity index (χ0n) is 22.3. The number of halogens is 7. The van der Waals surface area contributed by atoms with E-state index in [1.54, 1.807) is 0 Å². The van der Waals surface area contributed by atoms with E-state index >= 15 is 13.2 Å². The summed E-state index contributed by atoms with van der Waals surface area (Å²) in [4.78, 5) is 32.3. The minimum atomic E-state index is -4.87. The maximum atomic E-state index is 15.3. The van der Waals surface area contributed by atoms with Crippen LogP contribution in [0.25, 0.3) is 16.7 Å². The van der Waals surface area contributed by atoms with Crippen LogP contribution in [-0.2, 0) is 0 Å². The average Bonchev–Trinajstić information content (AvgIpc) is 3.82. The molecule has 0 radical (unpaired) electrons. The predicted molar refractivity (Wildman–Crippen MR) is 138 cm³/mol. The zero-order chi connectivity index (χ0) is 31.1. The number of rotatable bonds is 8. The second-order valence-electron chi connectivity index (χ2n) is 11.7. The van der Waals surface area contributed by atoms with Crippen LogP contribution in [0.1, 0.15) is 36.0 Å². The number of fused-ring (bicyclic) bond motifs is 1. The molecule has 3 N–H and O–H groups in total. The van der Waals surface area contributed by atoms with E-state index in [1.807, 2.05) is 5.32 Å². The Bertz CT molecular complexity index is 1650. The molecule has 3 aliphatic rings. The second-order valence-corrected chi connectivity index (χ2v) is 11.7. The number of nitrogens with one attached hydrogen (secondary N) is 1. The third-order valence-electron chi connectivity index (χ3n) is 8.64. The van der Waals surface area contributed by atoms with Crippen LogP contribution < -0.4 is 15.6 Å². The van der Waals surface area contributed by atoms with E-state index in [9.17, 15) is 37.4 Å². The van der Waals surface area contributed by atoms with Crippen molar-refractivity contribution in [2.24, 2.45) is 17.3 Å². The number of aromatic nitrogens is 2. The van der Waals surface area contributed by atoms with Crippen molar-refractivity contribution in [2.45, 2.75) is 37.4 Å². The Kier molecular flexibility index (Phi) is 6.76. The number of anilines is 1. The molecule has 1 aliphatic heterocycles. The van der Waals surface area contributed by atoms with Crippen LogP contribution >= 0.6 is 0 Å². The summed E-state index contributed by atoms with van der Waals surface area (Å²) in [7, 11) is 0. The van der Waals surface area contributed by atoms with Crippen molar-refractivity contribution in [1.82, 2.24) is 14.9 Å². The number of benzene rings is 1. The summed E-state index contributed by atoms with van der Waals surface area (Å²) < 4.78 is 103. The molecule has 230 valence electrons. The van der Waals surface area contributed by atoms with Gasteiger partial charge < -0.3 is 20.4 Å². The summed E-state index contributed by atoms with van der Waals surface area (Å²) in [5.74, 6) is -9.12. The van der Waals surface area contributed by atoms with Crippen LogP contribution in [0.5, 0.6) is 0 Å². The number of hydrogen-bond donors (Lipinski definition) is 3. The van der Waals surface area contributed by atoms with Crippen molar-refractivity contribution in [1.29, 1.82) is 0 Å². The van der Waals surface area contributed by atoms with E-state index in [4.69, 9.17) is 0 Å². The van der Waals surface area contributed by atoms with Gasteiger partial charge in [-0.2, -0.15) is 13.2 Å². The molecule has 0 unspecified atom stereocenters. The summed E-state index contributed by atoms with van der Waals surface area (Å²) in [6.45, 7) is -1.01. The van der Waals surface area contributed by atoms with Gasteiger partial charge in [0.25, 0.3) is 5.91 Å². The number of alkyl halides is 3. The molecule has 0 spiro atoms. The fourth-order valence-corrected chi connectivity index (χ4v) is 6.10. The molecule has 6 rings (SSSR count). The highest BCUT2D eigenvalue weighted by molar-refractivity contribution is 5.98. The van der Waals surface area contributed by atoms with Crippen molar-refractivity contribution >= 4 is 22.8 Å².